The third-order valence-corrected chi connectivity index (χ3v) is 5.58. The van der Waals surface area contributed by atoms with Gasteiger partial charge < -0.3 is 5.32 Å². The number of anilines is 1. The molecule has 2 amide bonds. The maximum Gasteiger partial charge on any atom is 0.271 e. The van der Waals surface area contributed by atoms with Gasteiger partial charge >= 0.3 is 0 Å². The summed E-state index contributed by atoms with van der Waals surface area (Å²) in [5.41, 5.74) is 4.17. The lowest BCUT2D eigenvalue weighted by molar-refractivity contribution is -0.120. The highest BCUT2D eigenvalue weighted by molar-refractivity contribution is 6.43. The summed E-state index contributed by atoms with van der Waals surface area (Å²) in [5, 5.41) is 7.64. The number of benzene rings is 2. The van der Waals surface area contributed by atoms with Crippen molar-refractivity contribution < 1.29 is 9.59 Å². The summed E-state index contributed by atoms with van der Waals surface area (Å²) in [6.45, 7) is 0. The average molecular weight is 418 g/mol. The lowest BCUT2D eigenvalue weighted by Crippen LogP contribution is -2.24. The Morgan fingerprint density at radius 3 is 2.43 bits per heavy atom. The van der Waals surface area contributed by atoms with Gasteiger partial charge in [-0.25, -0.2) is 5.43 Å². The van der Waals surface area contributed by atoms with Crippen molar-refractivity contribution in [3.63, 3.8) is 0 Å². The molecule has 0 unspecified atom stereocenters. The predicted molar refractivity (Wildman–Crippen MR) is 113 cm³/mol. The molecule has 0 aromatic heterocycles. The average Bonchev–Trinajstić information content (AvgIpc) is 2.72. The van der Waals surface area contributed by atoms with Crippen LogP contribution in [0.1, 0.15) is 48.0 Å². The molecule has 7 heteroatoms. The van der Waals surface area contributed by atoms with E-state index >= 15 is 0 Å². The number of hydrogen-bond acceptors (Lipinski definition) is 3. The number of rotatable bonds is 5. The second kappa shape index (κ2) is 9.71. The zero-order valence-corrected chi connectivity index (χ0v) is 16.8. The van der Waals surface area contributed by atoms with E-state index in [1.165, 1.54) is 12.6 Å². The van der Waals surface area contributed by atoms with E-state index in [-0.39, 0.29) is 17.7 Å². The monoisotopic (exact) mass is 417 g/mol. The fourth-order valence-electron chi connectivity index (χ4n) is 3.16. The Morgan fingerprint density at radius 2 is 1.71 bits per heavy atom. The highest BCUT2D eigenvalue weighted by atomic mass is 35.5. The van der Waals surface area contributed by atoms with Crippen molar-refractivity contribution in [2.45, 2.75) is 32.1 Å². The van der Waals surface area contributed by atoms with Crippen LogP contribution < -0.4 is 10.7 Å². The van der Waals surface area contributed by atoms with E-state index in [1.54, 1.807) is 42.5 Å². The number of nitrogens with one attached hydrogen (secondary N) is 2. The summed E-state index contributed by atoms with van der Waals surface area (Å²) in [5.74, 6) is -0.219. The number of amides is 2. The Bertz CT molecular complexity index is 876. The van der Waals surface area contributed by atoms with Crippen LogP contribution in [-0.2, 0) is 4.79 Å². The smallest absolute Gasteiger partial charge is 0.271 e. The fraction of sp³-hybridized carbons (Fsp3) is 0.286. The molecule has 0 atom stereocenters. The fourth-order valence-corrected chi connectivity index (χ4v) is 3.52. The van der Waals surface area contributed by atoms with Crippen molar-refractivity contribution >= 4 is 46.9 Å². The molecule has 1 aliphatic carbocycles. The molecule has 146 valence electrons. The van der Waals surface area contributed by atoms with Gasteiger partial charge in [-0.1, -0.05) is 54.6 Å². The van der Waals surface area contributed by atoms with Crippen LogP contribution in [-0.4, -0.2) is 18.0 Å². The summed E-state index contributed by atoms with van der Waals surface area (Å²) >= 11 is 12.0. The summed E-state index contributed by atoms with van der Waals surface area (Å²) < 4.78 is 0. The Morgan fingerprint density at radius 1 is 1.00 bits per heavy atom. The summed E-state index contributed by atoms with van der Waals surface area (Å²) in [6.07, 6.45) is 6.75. The van der Waals surface area contributed by atoms with Gasteiger partial charge in [0.25, 0.3) is 5.91 Å². The van der Waals surface area contributed by atoms with Crippen LogP contribution in [0, 0.1) is 5.92 Å². The molecule has 2 aromatic carbocycles. The van der Waals surface area contributed by atoms with Gasteiger partial charge in [-0.2, -0.15) is 5.10 Å². The Hall–Kier alpha value is -2.37. The number of halogens is 2. The van der Waals surface area contributed by atoms with E-state index in [4.69, 9.17) is 23.2 Å². The number of nitrogens with zero attached hydrogens (tertiary/aromatic N) is 1. The molecule has 1 saturated carbocycles. The van der Waals surface area contributed by atoms with Crippen LogP contribution in [0.15, 0.2) is 47.6 Å². The summed E-state index contributed by atoms with van der Waals surface area (Å²) in [7, 11) is 0. The second-order valence-corrected chi connectivity index (χ2v) is 7.53. The molecule has 0 heterocycles. The molecule has 1 aliphatic rings. The number of carbonyl (C=O) groups is 2. The van der Waals surface area contributed by atoms with Gasteiger partial charge in [0.2, 0.25) is 5.91 Å². The SMILES string of the molecule is O=C(NN=Cc1cccc(Cl)c1Cl)c1ccc(NC(=O)C2CCCCC2)cc1. The van der Waals surface area contributed by atoms with Gasteiger partial charge in [-0.3, -0.25) is 9.59 Å². The van der Waals surface area contributed by atoms with E-state index in [0.717, 1.165) is 25.7 Å². The third kappa shape index (κ3) is 5.33. The van der Waals surface area contributed by atoms with Crippen molar-refractivity contribution in [1.82, 2.24) is 5.43 Å². The summed E-state index contributed by atoms with van der Waals surface area (Å²) in [6, 6.07) is 11.9. The quantitative estimate of drug-likeness (QED) is 0.513. The molecule has 5 nitrogen and oxygen atoms in total. The minimum atomic E-state index is -0.362. The van der Waals surface area contributed by atoms with E-state index < -0.39 is 0 Å². The highest BCUT2D eigenvalue weighted by Gasteiger charge is 2.21. The topological polar surface area (TPSA) is 70.6 Å². The molecule has 0 aliphatic heterocycles. The standard InChI is InChI=1S/C21H21Cl2N3O2/c22-18-8-4-7-16(19(18)23)13-24-26-21(28)15-9-11-17(12-10-15)25-20(27)14-5-2-1-3-6-14/h4,7-14H,1-3,5-6H2,(H,25,27)(H,26,28). The maximum atomic E-state index is 12.3. The molecule has 0 bridgehead atoms. The van der Waals surface area contributed by atoms with Crippen LogP contribution in [0.25, 0.3) is 0 Å². The van der Waals surface area contributed by atoms with Crippen LogP contribution in [0.5, 0.6) is 0 Å². The first kappa shape index (κ1) is 20.4. The Kier molecular flexibility index (Phi) is 7.06. The molecular formula is C21H21Cl2N3O2. The lowest BCUT2D eigenvalue weighted by atomic mass is 9.88. The van der Waals surface area contributed by atoms with Gasteiger partial charge in [-0.05, 0) is 43.2 Å². The molecule has 0 radical (unpaired) electrons. The second-order valence-electron chi connectivity index (χ2n) is 6.74. The van der Waals surface area contributed by atoms with Crippen molar-refractivity contribution in [3.8, 4) is 0 Å². The van der Waals surface area contributed by atoms with Crippen LogP contribution in [0.4, 0.5) is 5.69 Å². The van der Waals surface area contributed by atoms with Gasteiger partial charge in [0.15, 0.2) is 0 Å². The largest absolute Gasteiger partial charge is 0.326 e. The van der Waals surface area contributed by atoms with Crippen LogP contribution in [0.3, 0.4) is 0 Å². The first-order chi connectivity index (χ1) is 13.5. The van der Waals surface area contributed by atoms with Crippen molar-refractivity contribution in [3.05, 3.63) is 63.6 Å². The highest BCUT2D eigenvalue weighted by Crippen LogP contribution is 2.25. The lowest BCUT2D eigenvalue weighted by Gasteiger charge is -2.20. The van der Waals surface area contributed by atoms with E-state index in [9.17, 15) is 9.59 Å². The third-order valence-electron chi connectivity index (χ3n) is 4.74. The molecule has 3 rings (SSSR count). The number of hydrogen-bond donors (Lipinski definition) is 2. The van der Waals surface area contributed by atoms with Gasteiger partial charge in [0.05, 0.1) is 16.3 Å². The maximum absolute atomic E-state index is 12.3. The molecule has 28 heavy (non-hydrogen) atoms. The van der Waals surface area contributed by atoms with E-state index in [2.05, 4.69) is 15.8 Å². The molecule has 2 aromatic rings. The van der Waals surface area contributed by atoms with Crippen molar-refractivity contribution in [2.75, 3.05) is 5.32 Å². The Balaban J connectivity index is 1.55. The van der Waals surface area contributed by atoms with Crippen molar-refractivity contribution in [1.29, 1.82) is 0 Å². The van der Waals surface area contributed by atoms with E-state index in [1.807, 2.05) is 0 Å². The van der Waals surface area contributed by atoms with Crippen LogP contribution in [0.2, 0.25) is 10.0 Å². The normalized spacial score (nSPS) is 14.8. The molecule has 2 N–H and O–H groups in total. The predicted octanol–water partition coefficient (Wildman–Crippen LogP) is 5.28. The number of carbonyl (C=O) groups excluding carboxylic acids is 2. The molecular weight excluding hydrogens is 397 g/mol. The van der Waals surface area contributed by atoms with Gasteiger partial charge in [0.1, 0.15) is 0 Å². The van der Waals surface area contributed by atoms with Crippen molar-refractivity contribution in [2.24, 2.45) is 11.0 Å². The summed E-state index contributed by atoms with van der Waals surface area (Å²) in [4.78, 5) is 24.5. The van der Waals surface area contributed by atoms with Crippen LogP contribution >= 0.6 is 23.2 Å². The molecule has 0 saturated heterocycles. The first-order valence-electron chi connectivity index (χ1n) is 9.23. The Labute approximate surface area is 174 Å². The number of hydrazone groups is 1. The minimum absolute atomic E-state index is 0.0555. The van der Waals surface area contributed by atoms with Gasteiger partial charge in [-0.15, -0.1) is 0 Å². The zero-order valence-electron chi connectivity index (χ0n) is 15.3. The molecule has 0 spiro atoms. The first-order valence-corrected chi connectivity index (χ1v) is 9.98. The van der Waals surface area contributed by atoms with Gasteiger partial charge in [0, 0.05) is 22.7 Å². The minimum Gasteiger partial charge on any atom is -0.326 e. The van der Waals surface area contributed by atoms with E-state index in [0.29, 0.717) is 26.9 Å². The zero-order chi connectivity index (χ0) is 19.9. The molecule has 1 fully saturated rings.